The molecule has 3 N–H and O–H groups in total. The van der Waals surface area contributed by atoms with Crippen LogP contribution in [-0.4, -0.2) is 39.6 Å². The molecule has 0 fully saturated rings. The fraction of sp³-hybridized carbons (Fsp3) is 0.130. The van der Waals surface area contributed by atoms with E-state index in [0.717, 1.165) is 6.26 Å². The van der Waals surface area contributed by atoms with Gasteiger partial charge in [-0.15, -0.1) is 0 Å². The smallest absolute Gasteiger partial charge is 0.183 e. The molecule has 0 saturated carbocycles. The van der Waals surface area contributed by atoms with Crippen LogP contribution in [0.1, 0.15) is 24.2 Å². The van der Waals surface area contributed by atoms with E-state index >= 15 is 0 Å². The van der Waals surface area contributed by atoms with Gasteiger partial charge in [0.2, 0.25) is 0 Å². The maximum absolute atomic E-state index is 13.9. The van der Waals surface area contributed by atoms with Gasteiger partial charge in [0, 0.05) is 29.2 Å². The van der Waals surface area contributed by atoms with E-state index < -0.39 is 21.6 Å². The number of fused-ring (bicyclic) bond motifs is 2. The number of rotatable bonds is 4. The summed E-state index contributed by atoms with van der Waals surface area (Å²) in [5.74, 6) is -0.182. The fourth-order valence-corrected chi connectivity index (χ4v) is 4.78. The van der Waals surface area contributed by atoms with Crippen molar-refractivity contribution in [3.05, 3.63) is 72.1 Å². The van der Waals surface area contributed by atoms with E-state index in [1.165, 1.54) is 24.5 Å². The number of anilines is 1. The second-order valence-electron chi connectivity index (χ2n) is 7.82. The van der Waals surface area contributed by atoms with Crippen molar-refractivity contribution in [1.82, 2.24) is 24.9 Å². The normalized spacial score (nSPS) is 12.9. The number of halogens is 1. The molecule has 1 atom stereocenters. The predicted molar refractivity (Wildman–Crippen MR) is 124 cm³/mol. The van der Waals surface area contributed by atoms with Crippen molar-refractivity contribution in [2.24, 2.45) is 0 Å². The highest BCUT2D eigenvalue weighted by atomic mass is 32.2. The number of nitrogens with zero attached hydrogens (tertiary/aromatic N) is 4. The Kier molecular flexibility index (Phi) is 4.82. The van der Waals surface area contributed by atoms with Crippen molar-refractivity contribution in [3.8, 4) is 11.3 Å². The molecule has 0 aliphatic heterocycles. The van der Waals surface area contributed by atoms with E-state index in [1.54, 1.807) is 24.3 Å². The van der Waals surface area contributed by atoms with Crippen LogP contribution in [0.5, 0.6) is 0 Å². The summed E-state index contributed by atoms with van der Waals surface area (Å²) in [5.41, 5.74) is 8.98. The number of nitrogens with two attached hydrogens (primary N) is 1. The van der Waals surface area contributed by atoms with Crippen LogP contribution in [0.2, 0.25) is 0 Å². The Morgan fingerprint density at radius 3 is 2.64 bits per heavy atom. The van der Waals surface area contributed by atoms with Gasteiger partial charge in [-0.25, -0.2) is 32.7 Å². The minimum Gasteiger partial charge on any atom is -0.382 e. The Balaban J connectivity index is 1.80. The van der Waals surface area contributed by atoms with Gasteiger partial charge in [0.05, 0.1) is 22.4 Å². The lowest BCUT2D eigenvalue weighted by atomic mass is 9.93. The summed E-state index contributed by atoms with van der Waals surface area (Å²) in [6, 6.07) is 12.8. The molecule has 5 rings (SSSR count). The first-order chi connectivity index (χ1) is 15.7. The second kappa shape index (κ2) is 7.59. The number of aromatic nitrogens is 5. The van der Waals surface area contributed by atoms with Crippen LogP contribution in [0, 0.1) is 5.82 Å². The zero-order valence-corrected chi connectivity index (χ0v) is 18.6. The number of hydrogen-bond donors (Lipinski definition) is 2. The highest BCUT2D eigenvalue weighted by molar-refractivity contribution is 7.90. The molecule has 0 amide bonds. The largest absolute Gasteiger partial charge is 0.382 e. The van der Waals surface area contributed by atoms with E-state index in [2.05, 4.69) is 24.9 Å². The molecule has 33 heavy (non-hydrogen) atoms. The van der Waals surface area contributed by atoms with E-state index in [0.29, 0.717) is 44.7 Å². The van der Waals surface area contributed by atoms with Crippen molar-refractivity contribution in [1.29, 1.82) is 0 Å². The maximum atomic E-state index is 13.9. The Labute approximate surface area is 188 Å². The van der Waals surface area contributed by atoms with Gasteiger partial charge in [-0.3, -0.25) is 0 Å². The maximum Gasteiger partial charge on any atom is 0.183 e. The van der Waals surface area contributed by atoms with Crippen molar-refractivity contribution in [3.63, 3.8) is 0 Å². The summed E-state index contributed by atoms with van der Waals surface area (Å²) < 4.78 is 39.0. The molecule has 5 aromatic rings. The molecule has 10 heteroatoms. The number of hydrogen-bond acceptors (Lipinski definition) is 7. The first-order valence-electron chi connectivity index (χ1n) is 10.1. The third kappa shape index (κ3) is 3.68. The summed E-state index contributed by atoms with van der Waals surface area (Å²) in [5, 5.41) is 0.702. The lowest BCUT2D eigenvalue weighted by molar-refractivity contribution is 0.602. The van der Waals surface area contributed by atoms with Gasteiger partial charge >= 0.3 is 0 Å². The molecule has 3 heterocycles. The molecule has 0 bridgehead atoms. The molecule has 0 saturated heterocycles. The quantitative estimate of drug-likeness (QED) is 0.415. The lowest BCUT2D eigenvalue weighted by Gasteiger charge is -2.18. The van der Waals surface area contributed by atoms with Crippen LogP contribution >= 0.6 is 0 Å². The zero-order chi connectivity index (χ0) is 23.3. The van der Waals surface area contributed by atoms with Crippen LogP contribution < -0.4 is 5.73 Å². The summed E-state index contributed by atoms with van der Waals surface area (Å²) >= 11 is 0. The van der Waals surface area contributed by atoms with Gasteiger partial charge in [-0.05, 0) is 29.8 Å². The highest BCUT2D eigenvalue weighted by Gasteiger charge is 2.24. The molecule has 8 nitrogen and oxygen atoms in total. The van der Waals surface area contributed by atoms with E-state index in [1.807, 2.05) is 13.0 Å². The average molecular weight is 463 g/mol. The molecule has 0 unspecified atom stereocenters. The summed E-state index contributed by atoms with van der Waals surface area (Å²) in [6.07, 6.45) is 2.63. The number of nitrogens with one attached hydrogen (secondary N) is 1. The number of H-pyrrole nitrogens is 1. The predicted octanol–water partition coefficient (Wildman–Crippen LogP) is 3.84. The monoisotopic (exact) mass is 462 g/mol. The van der Waals surface area contributed by atoms with Crippen LogP contribution in [0.3, 0.4) is 0 Å². The molecule has 166 valence electrons. The van der Waals surface area contributed by atoms with E-state index in [-0.39, 0.29) is 10.7 Å². The molecule has 0 radical (unpaired) electrons. The average Bonchev–Trinajstić information content (AvgIpc) is 3.26. The number of nitrogen functional groups attached to an aromatic ring is 1. The van der Waals surface area contributed by atoms with Gasteiger partial charge in [-0.2, -0.15) is 0 Å². The van der Waals surface area contributed by atoms with Crippen LogP contribution in [0.25, 0.3) is 33.3 Å². The number of sulfone groups is 1. The summed E-state index contributed by atoms with van der Waals surface area (Å²) in [7, 11) is -3.56. The third-order valence-corrected chi connectivity index (χ3v) is 6.69. The Morgan fingerprint density at radius 1 is 1.06 bits per heavy atom. The van der Waals surface area contributed by atoms with Gasteiger partial charge in [0.25, 0.3) is 0 Å². The molecular formula is C23H19FN6O2S. The Hall–Kier alpha value is -3.92. The second-order valence-corrected chi connectivity index (χ2v) is 9.81. The fourth-order valence-electron chi connectivity index (χ4n) is 3.89. The van der Waals surface area contributed by atoms with E-state index in [9.17, 15) is 12.8 Å². The lowest BCUT2D eigenvalue weighted by Crippen LogP contribution is -2.09. The van der Waals surface area contributed by atoms with Gasteiger partial charge in [0.1, 0.15) is 17.2 Å². The summed E-state index contributed by atoms with van der Waals surface area (Å²) in [6.45, 7) is 1.88. The van der Waals surface area contributed by atoms with Crippen molar-refractivity contribution in [2.75, 3.05) is 12.0 Å². The zero-order valence-electron chi connectivity index (χ0n) is 17.7. The Bertz CT molecular complexity index is 1650. The first-order valence-corrected chi connectivity index (χ1v) is 12.0. The minimum absolute atomic E-state index is 0.130. The molecule has 0 spiro atoms. The molecule has 0 aliphatic carbocycles. The number of pyridine rings is 1. The molecule has 2 aromatic carbocycles. The van der Waals surface area contributed by atoms with Crippen LogP contribution in [0.15, 0.2) is 59.8 Å². The van der Waals surface area contributed by atoms with Crippen LogP contribution in [-0.2, 0) is 9.84 Å². The SMILES string of the molecule is C[C@H](c1nc(N)c2[nH]cnc2n1)c1cc2ccc(F)cc2nc1-c1ccccc1S(C)(=O)=O. The first kappa shape index (κ1) is 21.0. The topological polar surface area (TPSA) is 128 Å². The minimum atomic E-state index is -3.56. The van der Waals surface area contributed by atoms with Gasteiger partial charge in [0.15, 0.2) is 21.3 Å². The summed E-state index contributed by atoms with van der Waals surface area (Å²) in [4.78, 5) is 20.9. The van der Waals surface area contributed by atoms with Crippen molar-refractivity contribution < 1.29 is 12.8 Å². The third-order valence-electron chi connectivity index (χ3n) is 5.54. The number of imidazole rings is 1. The van der Waals surface area contributed by atoms with E-state index in [4.69, 9.17) is 5.73 Å². The van der Waals surface area contributed by atoms with Crippen LogP contribution in [0.4, 0.5) is 10.2 Å². The molecule has 3 aromatic heterocycles. The molecule has 0 aliphatic rings. The number of aromatic amines is 1. The Morgan fingerprint density at radius 2 is 1.85 bits per heavy atom. The highest BCUT2D eigenvalue weighted by Crippen LogP contribution is 2.36. The molecular weight excluding hydrogens is 443 g/mol. The van der Waals surface area contributed by atoms with Crippen molar-refractivity contribution in [2.45, 2.75) is 17.7 Å². The number of benzene rings is 2. The van der Waals surface area contributed by atoms with Gasteiger partial charge < -0.3 is 10.7 Å². The van der Waals surface area contributed by atoms with Gasteiger partial charge in [-0.1, -0.05) is 25.1 Å². The standard InChI is InChI=1S/C23H19FN6O2S/c1-12(22-29-21(25)20-23(30-22)27-11-26-20)16-9-13-7-8-14(24)10-17(13)28-19(16)15-5-3-4-6-18(15)33(2,31)32/h3-12H,1-2H3,(H3,25,26,27,29,30)/t12-/m0/s1. The van der Waals surface area contributed by atoms with Crippen molar-refractivity contribution >= 4 is 37.7 Å².